The minimum Gasteiger partial charge on any atom is -0.358 e. The van der Waals surface area contributed by atoms with E-state index in [4.69, 9.17) is 0 Å². The average Bonchev–Trinajstić information content (AvgIpc) is 2.34. The largest absolute Gasteiger partial charge is 0.358 e. The van der Waals surface area contributed by atoms with Crippen LogP contribution in [0.15, 0.2) is 4.99 Å². The molecule has 0 saturated heterocycles. The predicted octanol–water partition coefficient (Wildman–Crippen LogP) is 1.99. The zero-order valence-corrected chi connectivity index (χ0v) is 10.7. The maximum atomic E-state index is 4.36. The molecule has 0 aromatic rings. The molecule has 1 aliphatic rings. The van der Waals surface area contributed by atoms with Crippen LogP contribution in [0.25, 0.3) is 0 Å². The van der Waals surface area contributed by atoms with Gasteiger partial charge in [-0.15, -0.1) is 17.0 Å². The second kappa shape index (κ2) is 5.43. The van der Waals surface area contributed by atoms with Crippen molar-refractivity contribution in [3.63, 3.8) is 0 Å². The SMILES string of the molecule is Br.CN(C)C1=NCC(CBr)S1. The van der Waals surface area contributed by atoms with E-state index in [0.29, 0.717) is 5.25 Å². The molecule has 0 aromatic heterocycles. The number of alkyl halides is 1. The monoisotopic (exact) mass is 302 g/mol. The maximum absolute atomic E-state index is 4.36. The molecule has 0 fully saturated rings. The molecule has 1 heterocycles. The van der Waals surface area contributed by atoms with Crippen molar-refractivity contribution in [1.82, 2.24) is 4.90 Å². The lowest BCUT2D eigenvalue weighted by Crippen LogP contribution is -2.17. The second-order valence-corrected chi connectivity index (χ2v) is 4.33. The van der Waals surface area contributed by atoms with Crippen molar-refractivity contribution >= 4 is 49.8 Å². The molecular formula is C6H12Br2N2S. The van der Waals surface area contributed by atoms with Crippen molar-refractivity contribution in [2.45, 2.75) is 5.25 Å². The zero-order chi connectivity index (χ0) is 7.56. The Balaban J connectivity index is 0.000001000. The third kappa shape index (κ3) is 3.34. The van der Waals surface area contributed by atoms with Gasteiger partial charge >= 0.3 is 0 Å². The average molecular weight is 304 g/mol. The number of aliphatic imine (C=N–C) groups is 1. The standard InChI is InChI=1S/C6H11BrN2S.BrH/c1-9(2)6-8-4-5(3-7)10-6;/h5H,3-4H2,1-2H3;1H. The van der Waals surface area contributed by atoms with Gasteiger partial charge in [0.05, 0.1) is 6.54 Å². The highest BCUT2D eigenvalue weighted by Crippen LogP contribution is 2.23. The summed E-state index contributed by atoms with van der Waals surface area (Å²) in [7, 11) is 4.06. The Morgan fingerprint density at radius 1 is 1.73 bits per heavy atom. The summed E-state index contributed by atoms with van der Waals surface area (Å²) in [6.07, 6.45) is 0. The first-order chi connectivity index (χ1) is 4.74. The van der Waals surface area contributed by atoms with Gasteiger partial charge in [0, 0.05) is 24.7 Å². The molecule has 0 aromatic carbocycles. The van der Waals surface area contributed by atoms with Crippen LogP contribution in [-0.2, 0) is 0 Å². The molecule has 5 heteroatoms. The van der Waals surface area contributed by atoms with E-state index < -0.39 is 0 Å². The number of nitrogens with zero attached hydrogens (tertiary/aromatic N) is 2. The fraction of sp³-hybridized carbons (Fsp3) is 0.833. The summed E-state index contributed by atoms with van der Waals surface area (Å²) in [5, 5.41) is 2.85. The van der Waals surface area contributed by atoms with E-state index in [1.54, 1.807) is 0 Å². The molecule has 0 bridgehead atoms. The number of rotatable bonds is 1. The van der Waals surface area contributed by atoms with Crippen LogP contribution in [0.1, 0.15) is 0 Å². The molecule has 0 saturated carbocycles. The summed E-state index contributed by atoms with van der Waals surface area (Å²) >= 11 is 5.29. The third-order valence-electron chi connectivity index (χ3n) is 1.26. The molecule has 1 atom stereocenters. The van der Waals surface area contributed by atoms with E-state index in [1.807, 2.05) is 25.9 Å². The van der Waals surface area contributed by atoms with Gasteiger partial charge in [0.1, 0.15) is 0 Å². The summed E-state index contributed by atoms with van der Waals surface area (Å²) in [5.41, 5.74) is 0. The second-order valence-electron chi connectivity index (χ2n) is 2.41. The molecule has 2 nitrogen and oxygen atoms in total. The Morgan fingerprint density at radius 3 is 2.64 bits per heavy atom. The van der Waals surface area contributed by atoms with Crippen LogP contribution in [0.5, 0.6) is 0 Å². The Labute approximate surface area is 90.7 Å². The first-order valence-corrected chi connectivity index (χ1v) is 5.18. The minimum atomic E-state index is 0. The predicted molar refractivity (Wildman–Crippen MR) is 61.5 cm³/mol. The molecule has 0 spiro atoms. The van der Waals surface area contributed by atoms with Gasteiger partial charge in [-0.1, -0.05) is 27.7 Å². The van der Waals surface area contributed by atoms with Crippen LogP contribution in [0.2, 0.25) is 0 Å². The van der Waals surface area contributed by atoms with Crippen LogP contribution >= 0.6 is 44.7 Å². The topological polar surface area (TPSA) is 15.6 Å². The van der Waals surface area contributed by atoms with Crippen molar-refractivity contribution in [2.24, 2.45) is 4.99 Å². The van der Waals surface area contributed by atoms with E-state index in [2.05, 4.69) is 25.8 Å². The van der Waals surface area contributed by atoms with Crippen molar-refractivity contribution in [2.75, 3.05) is 26.0 Å². The lowest BCUT2D eigenvalue weighted by molar-refractivity contribution is 0.635. The highest BCUT2D eigenvalue weighted by molar-refractivity contribution is 9.09. The lowest BCUT2D eigenvalue weighted by atomic mass is 10.5. The van der Waals surface area contributed by atoms with Crippen LogP contribution < -0.4 is 0 Å². The smallest absolute Gasteiger partial charge is 0.159 e. The summed E-state index contributed by atoms with van der Waals surface area (Å²) in [6.45, 7) is 0.962. The zero-order valence-electron chi connectivity index (χ0n) is 6.58. The molecule has 1 aliphatic heterocycles. The normalized spacial score (nSPS) is 22.5. The summed E-state index contributed by atoms with van der Waals surface area (Å²) < 4.78 is 0. The Morgan fingerprint density at radius 2 is 2.36 bits per heavy atom. The Hall–Kier alpha value is 0.780. The number of hydrogen-bond donors (Lipinski definition) is 0. The maximum Gasteiger partial charge on any atom is 0.159 e. The fourth-order valence-corrected chi connectivity index (χ4v) is 2.20. The van der Waals surface area contributed by atoms with Gasteiger partial charge < -0.3 is 4.90 Å². The van der Waals surface area contributed by atoms with Gasteiger partial charge in [-0.05, 0) is 0 Å². The fourth-order valence-electron chi connectivity index (χ4n) is 0.731. The summed E-state index contributed by atoms with van der Waals surface area (Å²) in [6, 6.07) is 0. The quantitative estimate of drug-likeness (QED) is 0.689. The van der Waals surface area contributed by atoms with E-state index in [1.165, 1.54) is 0 Å². The minimum absolute atomic E-state index is 0. The van der Waals surface area contributed by atoms with Gasteiger partial charge in [0.2, 0.25) is 0 Å². The van der Waals surface area contributed by atoms with Crippen molar-refractivity contribution in [3.8, 4) is 0 Å². The molecule has 0 amide bonds. The number of amidine groups is 1. The number of thioether (sulfide) groups is 1. The van der Waals surface area contributed by atoms with Gasteiger partial charge in [-0.3, -0.25) is 4.99 Å². The lowest BCUT2D eigenvalue weighted by Gasteiger charge is -2.10. The van der Waals surface area contributed by atoms with E-state index in [0.717, 1.165) is 17.0 Å². The highest BCUT2D eigenvalue weighted by Gasteiger charge is 2.18. The first kappa shape index (κ1) is 11.8. The van der Waals surface area contributed by atoms with Crippen LogP contribution in [-0.4, -0.2) is 41.3 Å². The van der Waals surface area contributed by atoms with Gasteiger partial charge in [0.25, 0.3) is 0 Å². The van der Waals surface area contributed by atoms with Crippen molar-refractivity contribution in [3.05, 3.63) is 0 Å². The van der Waals surface area contributed by atoms with E-state index in [-0.39, 0.29) is 17.0 Å². The molecule has 66 valence electrons. The number of halogens is 2. The van der Waals surface area contributed by atoms with Gasteiger partial charge in [-0.25, -0.2) is 0 Å². The highest BCUT2D eigenvalue weighted by atomic mass is 79.9. The van der Waals surface area contributed by atoms with Crippen molar-refractivity contribution in [1.29, 1.82) is 0 Å². The molecule has 1 unspecified atom stereocenters. The molecule has 11 heavy (non-hydrogen) atoms. The van der Waals surface area contributed by atoms with Gasteiger partial charge in [-0.2, -0.15) is 0 Å². The summed E-state index contributed by atoms with van der Waals surface area (Å²) in [4.78, 5) is 6.43. The molecule has 0 radical (unpaired) electrons. The summed E-state index contributed by atoms with van der Waals surface area (Å²) in [5.74, 6) is 0. The van der Waals surface area contributed by atoms with Crippen LogP contribution in [0, 0.1) is 0 Å². The molecule has 0 N–H and O–H groups in total. The first-order valence-electron chi connectivity index (χ1n) is 3.18. The van der Waals surface area contributed by atoms with Crippen LogP contribution in [0.4, 0.5) is 0 Å². The Kier molecular flexibility index (Phi) is 5.82. The molecular weight excluding hydrogens is 292 g/mol. The van der Waals surface area contributed by atoms with Crippen LogP contribution in [0.3, 0.4) is 0 Å². The number of hydrogen-bond acceptors (Lipinski definition) is 3. The molecule has 1 rings (SSSR count). The Bertz CT molecular complexity index is 150. The van der Waals surface area contributed by atoms with Gasteiger partial charge in [0.15, 0.2) is 5.17 Å². The van der Waals surface area contributed by atoms with Crippen molar-refractivity contribution < 1.29 is 0 Å². The third-order valence-corrected chi connectivity index (χ3v) is 3.82. The van der Waals surface area contributed by atoms with E-state index in [9.17, 15) is 0 Å². The van der Waals surface area contributed by atoms with E-state index >= 15 is 0 Å². The molecule has 0 aliphatic carbocycles.